The zero-order valence-electron chi connectivity index (χ0n) is 11.4. The third-order valence-corrected chi connectivity index (χ3v) is 3.43. The van der Waals surface area contributed by atoms with Gasteiger partial charge in [0.2, 0.25) is 0 Å². The molecule has 0 fully saturated rings. The topological polar surface area (TPSA) is 21.3 Å². The first kappa shape index (κ1) is 12.1. The molecular weight excluding hydrogens is 234 g/mol. The number of fused-ring (bicyclic) bond motifs is 1. The number of benzene rings is 2. The van der Waals surface area contributed by atoms with Crippen LogP contribution in [-0.4, -0.2) is 6.10 Å². The summed E-state index contributed by atoms with van der Waals surface area (Å²) in [5, 5.41) is 3.58. The number of rotatable bonds is 3. The molecule has 98 valence electrons. The van der Waals surface area contributed by atoms with E-state index in [0.29, 0.717) is 6.04 Å². The third-order valence-electron chi connectivity index (χ3n) is 3.43. The normalized spacial score (nSPS) is 17.1. The zero-order chi connectivity index (χ0) is 13.2. The second-order valence-electron chi connectivity index (χ2n) is 5.26. The molecule has 2 heteroatoms. The molecule has 0 spiro atoms. The van der Waals surface area contributed by atoms with Crippen LogP contribution in [0.15, 0.2) is 48.5 Å². The molecule has 0 bridgehead atoms. The van der Waals surface area contributed by atoms with Gasteiger partial charge in [0, 0.05) is 11.3 Å². The smallest absolute Gasteiger partial charge is 0.124 e. The second kappa shape index (κ2) is 4.96. The van der Waals surface area contributed by atoms with E-state index in [4.69, 9.17) is 4.74 Å². The molecule has 3 rings (SSSR count). The Labute approximate surface area is 114 Å². The van der Waals surface area contributed by atoms with Crippen LogP contribution in [0.3, 0.4) is 0 Å². The molecule has 2 nitrogen and oxygen atoms in total. The molecule has 0 saturated heterocycles. The summed E-state index contributed by atoms with van der Waals surface area (Å²) >= 11 is 0. The summed E-state index contributed by atoms with van der Waals surface area (Å²) in [6, 6.07) is 17.1. The maximum Gasteiger partial charge on any atom is 0.124 e. The molecule has 1 atom stereocenters. The van der Waals surface area contributed by atoms with Crippen molar-refractivity contribution in [1.82, 2.24) is 0 Å². The van der Waals surface area contributed by atoms with Crippen molar-refractivity contribution in [3.63, 3.8) is 0 Å². The molecule has 0 radical (unpaired) electrons. The average Bonchev–Trinajstić information content (AvgIpc) is 2.82. The summed E-state index contributed by atoms with van der Waals surface area (Å²) in [5.74, 6) is 0.989. The van der Waals surface area contributed by atoms with E-state index in [0.717, 1.165) is 12.2 Å². The molecule has 0 aromatic heterocycles. The summed E-state index contributed by atoms with van der Waals surface area (Å²) in [5.41, 5.74) is 3.87. The Hall–Kier alpha value is -1.96. The first-order valence-corrected chi connectivity index (χ1v) is 6.84. The van der Waals surface area contributed by atoms with Gasteiger partial charge in [0.25, 0.3) is 0 Å². The Morgan fingerprint density at radius 3 is 2.58 bits per heavy atom. The summed E-state index contributed by atoms with van der Waals surface area (Å²) in [6.07, 6.45) is 1.22. The van der Waals surface area contributed by atoms with Crippen LogP contribution < -0.4 is 10.1 Å². The van der Waals surface area contributed by atoms with Gasteiger partial charge in [-0.2, -0.15) is 0 Å². The maximum absolute atomic E-state index is 5.92. The molecule has 0 aliphatic carbocycles. The SMILES string of the molecule is CC(C)Oc1ccccc1C1Cc2ccccc2N1. The minimum atomic E-state index is 0.199. The van der Waals surface area contributed by atoms with E-state index in [1.165, 1.54) is 16.8 Å². The number of anilines is 1. The molecule has 1 unspecified atom stereocenters. The molecule has 2 aromatic carbocycles. The van der Waals surface area contributed by atoms with Gasteiger partial charge in [0.1, 0.15) is 5.75 Å². The molecule has 1 heterocycles. The van der Waals surface area contributed by atoms with Crippen molar-refractivity contribution in [2.45, 2.75) is 32.4 Å². The molecule has 0 saturated carbocycles. The predicted octanol–water partition coefficient (Wildman–Crippen LogP) is 4.18. The number of nitrogens with one attached hydrogen (secondary N) is 1. The number of hydrogen-bond donors (Lipinski definition) is 1. The second-order valence-corrected chi connectivity index (χ2v) is 5.26. The van der Waals surface area contributed by atoms with E-state index in [-0.39, 0.29) is 6.10 Å². The Bertz CT molecular complexity index is 552. The minimum absolute atomic E-state index is 0.199. The molecule has 19 heavy (non-hydrogen) atoms. The minimum Gasteiger partial charge on any atom is -0.491 e. The van der Waals surface area contributed by atoms with E-state index in [9.17, 15) is 0 Å². The molecule has 0 amide bonds. The van der Waals surface area contributed by atoms with Gasteiger partial charge in [0.05, 0.1) is 12.1 Å². The van der Waals surface area contributed by atoms with Crippen LogP contribution in [0.25, 0.3) is 0 Å². The van der Waals surface area contributed by atoms with Crippen molar-refractivity contribution < 1.29 is 4.74 Å². The Morgan fingerprint density at radius 1 is 1.05 bits per heavy atom. The first-order chi connectivity index (χ1) is 9.24. The molecule has 2 aromatic rings. The maximum atomic E-state index is 5.92. The van der Waals surface area contributed by atoms with Gasteiger partial charge in [-0.25, -0.2) is 0 Å². The fourth-order valence-corrected chi connectivity index (χ4v) is 2.62. The van der Waals surface area contributed by atoms with E-state index >= 15 is 0 Å². The van der Waals surface area contributed by atoms with Gasteiger partial charge in [0.15, 0.2) is 0 Å². The van der Waals surface area contributed by atoms with Crippen LogP contribution in [0.4, 0.5) is 5.69 Å². The summed E-state index contributed by atoms with van der Waals surface area (Å²) in [6.45, 7) is 4.13. The lowest BCUT2D eigenvalue weighted by Gasteiger charge is -2.18. The monoisotopic (exact) mass is 253 g/mol. The van der Waals surface area contributed by atoms with Gasteiger partial charge in [-0.1, -0.05) is 36.4 Å². The summed E-state index contributed by atoms with van der Waals surface area (Å²) in [4.78, 5) is 0. The Morgan fingerprint density at radius 2 is 1.79 bits per heavy atom. The number of ether oxygens (including phenoxy) is 1. The van der Waals surface area contributed by atoms with Crippen molar-refractivity contribution in [3.8, 4) is 5.75 Å². The van der Waals surface area contributed by atoms with Gasteiger partial charge in [-0.15, -0.1) is 0 Å². The highest BCUT2D eigenvalue weighted by molar-refractivity contribution is 5.59. The van der Waals surface area contributed by atoms with E-state index in [2.05, 4.69) is 61.6 Å². The van der Waals surface area contributed by atoms with Crippen LogP contribution in [-0.2, 0) is 6.42 Å². The van der Waals surface area contributed by atoms with Crippen LogP contribution >= 0.6 is 0 Å². The average molecular weight is 253 g/mol. The highest BCUT2D eigenvalue weighted by Crippen LogP contribution is 2.37. The molecule has 1 aliphatic rings. The van der Waals surface area contributed by atoms with Crippen LogP contribution in [0.1, 0.15) is 31.0 Å². The lowest BCUT2D eigenvalue weighted by atomic mass is 10.0. The fraction of sp³-hybridized carbons (Fsp3) is 0.294. The van der Waals surface area contributed by atoms with Gasteiger partial charge in [-0.05, 0) is 38.0 Å². The van der Waals surface area contributed by atoms with Gasteiger partial charge < -0.3 is 10.1 Å². The van der Waals surface area contributed by atoms with Crippen molar-refractivity contribution in [2.24, 2.45) is 0 Å². The molecule has 1 N–H and O–H groups in total. The number of para-hydroxylation sites is 2. The van der Waals surface area contributed by atoms with Gasteiger partial charge in [-0.3, -0.25) is 0 Å². The lowest BCUT2D eigenvalue weighted by Crippen LogP contribution is -2.12. The van der Waals surface area contributed by atoms with E-state index in [1.807, 2.05) is 6.07 Å². The van der Waals surface area contributed by atoms with Crippen molar-refractivity contribution >= 4 is 5.69 Å². The summed E-state index contributed by atoms with van der Waals surface area (Å²) < 4.78 is 5.92. The molecular formula is C17H19NO. The van der Waals surface area contributed by atoms with Crippen molar-refractivity contribution in [2.75, 3.05) is 5.32 Å². The van der Waals surface area contributed by atoms with Crippen LogP contribution in [0, 0.1) is 0 Å². The summed E-state index contributed by atoms with van der Waals surface area (Å²) in [7, 11) is 0. The highest BCUT2D eigenvalue weighted by Gasteiger charge is 2.24. The predicted molar refractivity (Wildman–Crippen MR) is 78.7 cm³/mol. The highest BCUT2D eigenvalue weighted by atomic mass is 16.5. The standard InChI is InChI=1S/C17H19NO/c1-12(2)19-17-10-6-4-8-14(17)16-11-13-7-3-5-9-15(13)18-16/h3-10,12,16,18H,11H2,1-2H3. The first-order valence-electron chi connectivity index (χ1n) is 6.84. The van der Waals surface area contributed by atoms with Crippen LogP contribution in [0.5, 0.6) is 5.75 Å². The largest absolute Gasteiger partial charge is 0.491 e. The van der Waals surface area contributed by atoms with E-state index < -0.39 is 0 Å². The Kier molecular flexibility index (Phi) is 3.16. The lowest BCUT2D eigenvalue weighted by molar-refractivity contribution is 0.239. The molecule has 1 aliphatic heterocycles. The van der Waals surface area contributed by atoms with Gasteiger partial charge >= 0.3 is 0 Å². The fourth-order valence-electron chi connectivity index (χ4n) is 2.62. The Balaban J connectivity index is 1.89. The zero-order valence-corrected chi connectivity index (χ0v) is 11.4. The van der Waals surface area contributed by atoms with E-state index in [1.54, 1.807) is 0 Å². The van der Waals surface area contributed by atoms with Crippen molar-refractivity contribution in [1.29, 1.82) is 0 Å². The van der Waals surface area contributed by atoms with Crippen LogP contribution in [0.2, 0.25) is 0 Å². The van der Waals surface area contributed by atoms with Crippen molar-refractivity contribution in [3.05, 3.63) is 59.7 Å². The quantitative estimate of drug-likeness (QED) is 0.885. The third kappa shape index (κ3) is 2.43. The number of hydrogen-bond acceptors (Lipinski definition) is 2.